The molecule has 1 aromatic carbocycles. The van der Waals surface area contributed by atoms with E-state index in [0.29, 0.717) is 17.2 Å². The monoisotopic (exact) mass is 211 g/mol. The summed E-state index contributed by atoms with van der Waals surface area (Å²) in [6, 6.07) is 4.84. The Bertz CT molecular complexity index is 325. The van der Waals surface area contributed by atoms with Gasteiger partial charge in [0.1, 0.15) is 5.82 Å². The van der Waals surface area contributed by atoms with Crippen molar-refractivity contribution in [3.63, 3.8) is 0 Å². The lowest BCUT2D eigenvalue weighted by atomic mass is 10.1. The smallest absolute Gasteiger partial charge is 0.146 e. The van der Waals surface area contributed by atoms with Gasteiger partial charge in [0.05, 0.1) is 12.3 Å². The molecule has 0 aliphatic rings. The van der Waals surface area contributed by atoms with E-state index in [9.17, 15) is 4.39 Å². The van der Waals surface area contributed by atoms with E-state index in [-0.39, 0.29) is 12.4 Å². The topological polar surface area (TPSA) is 23.5 Å². The number of aliphatic hydroxyl groups is 1. The number of hydrogen-bond donors (Lipinski definition) is 1. The van der Waals surface area contributed by atoms with Crippen molar-refractivity contribution in [1.29, 1.82) is 0 Å². The molecule has 0 aliphatic heterocycles. The number of benzene rings is 1. The molecule has 15 heavy (non-hydrogen) atoms. The first-order valence-corrected chi connectivity index (χ1v) is 5.15. The van der Waals surface area contributed by atoms with E-state index < -0.39 is 0 Å². The molecule has 0 fully saturated rings. The van der Waals surface area contributed by atoms with Crippen molar-refractivity contribution in [2.24, 2.45) is 5.92 Å². The van der Waals surface area contributed by atoms with Crippen molar-refractivity contribution in [2.45, 2.75) is 20.5 Å². The summed E-state index contributed by atoms with van der Waals surface area (Å²) in [6.45, 7) is 4.88. The fraction of sp³-hybridized carbons (Fsp3) is 0.500. The van der Waals surface area contributed by atoms with E-state index >= 15 is 0 Å². The van der Waals surface area contributed by atoms with Crippen molar-refractivity contribution in [2.75, 3.05) is 18.5 Å². The van der Waals surface area contributed by atoms with Gasteiger partial charge in [0.2, 0.25) is 0 Å². The number of hydrogen-bond acceptors (Lipinski definition) is 2. The maximum atomic E-state index is 13.6. The van der Waals surface area contributed by atoms with Crippen LogP contribution >= 0.6 is 0 Å². The molecule has 1 rings (SSSR count). The SMILES string of the molecule is CC(C)CN(C)c1ccc(CO)cc1F. The fourth-order valence-electron chi connectivity index (χ4n) is 1.60. The quantitative estimate of drug-likeness (QED) is 0.826. The van der Waals surface area contributed by atoms with Crippen molar-refractivity contribution in [3.05, 3.63) is 29.6 Å². The number of anilines is 1. The molecule has 0 saturated carbocycles. The van der Waals surface area contributed by atoms with E-state index in [2.05, 4.69) is 13.8 Å². The first-order chi connectivity index (χ1) is 7.04. The summed E-state index contributed by atoms with van der Waals surface area (Å²) in [5.74, 6) is 0.219. The molecule has 0 saturated heterocycles. The third kappa shape index (κ3) is 3.20. The van der Waals surface area contributed by atoms with Gasteiger partial charge < -0.3 is 10.0 Å². The van der Waals surface area contributed by atoms with Gasteiger partial charge in [-0.3, -0.25) is 0 Å². The Morgan fingerprint density at radius 3 is 2.53 bits per heavy atom. The largest absolute Gasteiger partial charge is 0.392 e. The third-order valence-corrected chi connectivity index (χ3v) is 2.24. The Morgan fingerprint density at radius 2 is 2.07 bits per heavy atom. The molecule has 2 nitrogen and oxygen atoms in total. The molecule has 0 atom stereocenters. The molecule has 0 aliphatic carbocycles. The second kappa shape index (κ2) is 5.12. The predicted octanol–water partition coefficient (Wildman–Crippen LogP) is 2.41. The van der Waals surface area contributed by atoms with Crippen LogP contribution in [0.1, 0.15) is 19.4 Å². The summed E-state index contributed by atoms with van der Waals surface area (Å²) in [4.78, 5) is 1.89. The minimum Gasteiger partial charge on any atom is -0.392 e. The Kier molecular flexibility index (Phi) is 4.09. The van der Waals surface area contributed by atoms with Crippen LogP contribution in [0, 0.1) is 11.7 Å². The molecule has 84 valence electrons. The highest BCUT2D eigenvalue weighted by Gasteiger charge is 2.09. The minimum absolute atomic E-state index is 0.120. The number of halogens is 1. The molecular formula is C12H18FNO. The second-order valence-electron chi connectivity index (χ2n) is 4.22. The predicted molar refractivity (Wildman–Crippen MR) is 60.4 cm³/mol. The molecule has 3 heteroatoms. The normalized spacial score (nSPS) is 10.8. The summed E-state index contributed by atoms with van der Waals surface area (Å²) in [5.41, 5.74) is 1.19. The lowest BCUT2D eigenvalue weighted by Crippen LogP contribution is -2.23. The maximum absolute atomic E-state index is 13.6. The maximum Gasteiger partial charge on any atom is 0.146 e. The molecule has 1 N–H and O–H groups in total. The molecule has 0 radical (unpaired) electrons. The molecule has 1 aromatic rings. The molecule has 0 heterocycles. The van der Waals surface area contributed by atoms with Crippen LogP contribution < -0.4 is 4.90 Å². The molecule has 0 unspecified atom stereocenters. The zero-order valence-corrected chi connectivity index (χ0v) is 9.50. The van der Waals surface area contributed by atoms with Crippen LogP contribution in [0.15, 0.2) is 18.2 Å². The lowest BCUT2D eigenvalue weighted by molar-refractivity contribution is 0.281. The first kappa shape index (κ1) is 12.0. The number of aliphatic hydroxyl groups excluding tert-OH is 1. The summed E-state index contributed by atoms with van der Waals surface area (Å²) >= 11 is 0. The van der Waals surface area contributed by atoms with Gasteiger partial charge in [0.15, 0.2) is 0 Å². The average molecular weight is 211 g/mol. The van der Waals surface area contributed by atoms with Gasteiger partial charge in [-0.2, -0.15) is 0 Å². The lowest BCUT2D eigenvalue weighted by Gasteiger charge is -2.22. The van der Waals surface area contributed by atoms with E-state index in [1.165, 1.54) is 6.07 Å². The van der Waals surface area contributed by atoms with Crippen LogP contribution in [0.2, 0.25) is 0 Å². The summed E-state index contributed by atoms with van der Waals surface area (Å²) in [7, 11) is 1.87. The van der Waals surface area contributed by atoms with Crippen molar-refractivity contribution in [1.82, 2.24) is 0 Å². The van der Waals surface area contributed by atoms with E-state index in [1.54, 1.807) is 12.1 Å². The van der Waals surface area contributed by atoms with Crippen molar-refractivity contribution in [3.8, 4) is 0 Å². The zero-order valence-electron chi connectivity index (χ0n) is 9.50. The van der Waals surface area contributed by atoms with Gasteiger partial charge in [-0.15, -0.1) is 0 Å². The third-order valence-electron chi connectivity index (χ3n) is 2.24. The minimum atomic E-state index is -0.273. The van der Waals surface area contributed by atoms with Gasteiger partial charge in [-0.05, 0) is 23.6 Å². The molecule has 0 bridgehead atoms. The highest BCUT2D eigenvalue weighted by Crippen LogP contribution is 2.20. The van der Waals surface area contributed by atoms with Gasteiger partial charge in [-0.25, -0.2) is 4.39 Å². The average Bonchev–Trinajstić information content (AvgIpc) is 2.16. The van der Waals surface area contributed by atoms with Crippen LogP contribution in [0.3, 0.4) is 0 Å². The molecule has 0 amide bonds. The summed E-state index contributed by atoms with van der Waals surface area (Å²) in [6.07, 6.45) is 0. The second-order valence-corrected chi connectivity index (χ2v) is 4.22. The van der Waals surface area contributed by atoms with Gasteiger partial charge in [0.25, 0.3) is 0 Å². The van der Waals surface area contributed by atoms with Crippen LogP contribution in [-0.4, -0.2) is 18.7 Å². The summed E-state index contributed by atoms with van der Waals surface area (Å²) < 4.78 is 13.6. The highest BCUT2D eigenvalue weighted by atomic mass is 19.1. The van der Waals surface area contributed by atoms with Crippen LogP contribution in [-0.2, 0) is 6.61 Å². The zero-order chi connectivity index (χ0) is 11.4. The van der Waals surface area contributed by atoms with E-state index in [1.807, 2.05) is 11.9 Å². The fourth-order valence-corrected chi connectivity index (χ4v) is 1.60. The van der Waals surface area contributed by atoms with Crippen molar-refractivity contribution >= 4 is 5.69 Å². The Balaban J connectivity index is 2.85. The Labute approximate surface area is 90.3 Å². The van der Waals surface area contributed by atoms with E-state index in [0.717, 1.165) is 6.54 Å². The molecule has 0 spiro atoms. The van der Waals surface area contributed by atoms with Crippen LogP contribution in [0.4, 0.5) is 10.1 Å². The van der Waals surface area contributed by atoms with Gasteiger partial charge >= 0.3 is 0 Å². The first-order valence-electron chi connectivity index (χ1n) is 5.15. The Morgan fingerprint density at radius 1 is 1.40 bits per heavy atom. The highest BCUT2D eigenvalue weighted by molar-refractivity contribution is 5.48. The Hall–Kier alpha value is -1.09. The number of rotatable bonds is 4. The van der Waals surface area contributed by atoms with Crippen LogP contribution in [0.5, 0.6) is 0 Å². The molecule has 0 aromatic heterocycles. The summed E-state index contributed by atoms with van der Waals surface area (Å²) in [5, 5.41) is 8.86. The molecular weight excluding hydrogens is 193 g/mol. The van der Waals surface area contributed by atoms with Gasteiger partial charge in [0, 0.05) is 13.6 Å². The van der Waals surface area contributed by atoms with Crippen molar-refractivity contribution < 1.29 is 9.50 Å². The van der Waals surface area contributed by atoms with E-state index in [4.69, 9.17) is 5.11 Å². The standard InChI is InChI=1S/C12H18FNO/c1-9(2)7-14(3)12-5-4-10(8-15)6-11(12)13/h4-6,9,15H,7-8H2,1-3H3. The van der Waals surface area contributed by atoms with Crippen LogP contribution in [0.25, 0.3) is 0 Å². The van der Waals surface area contributed by atoms with Gasteiger partial charge in [-0.1, -0.05) is 19.9 Å². The number of nitrogens with zero attached hydrogens (tertiary/aromatic N) is 1.